The van der Waals surface area contributed by atoms with Gasteiger partial charge in [-0.25, -0.2) is 5.01 Å². The molecule has 0 aliphatic heterocycles. The number of hydrogen-bond donors (Lipinski definition) is 2. The Bertz CT molecular complexity index is 106. The summed E-state index contributed by atoms with van der Waals surface area (Å²) >= 11 is 0. The fraction of sp³-hybridized carbons (Fsp3) is 1.00. The first-order valence-corrected chi connectivity index (χ1v) is 4.40. The number of hydrazine groups is 1. The Morgan fingerprint density at radius 1 is 1.27 bits per heavy atom. The second-order valence-corrected chi connectivity index (χ2v) is 3.72. The normalized spacial score (nSPS) is 32.7. The van der Waals surface area contributed by atoms with Crippen LogP contribution in [0.25, 0.3) is 0 Å². The van der Waals surface area contributed by atoms with E-state index in [-0.39, 0.29) is 0 Å². The van der Waals surface area contributed by atoms with E-state index in [1.807, 2.05) is 7.05 Å². The van der Waals surface area contributed by atoms with Crippen LogP contribution in [0, 0.1) is 5.92 Å². The second kappa shape index (κ2) is 4.04. The van der Waals surface area contributed by atoms with Crippen LogP contribution < -0.4 is 11.6 Å². The highest BCUT2D eigenvalue weighted by atomic mass is 15.4. The maximum Gasteiger partial charge on any atom is 0.0153 e. The highest BCUT2D eigenvalue weighted by Gasteiger charge is 2.18. The molecule has 0 unspecified atom stereocenters. The summed E-state index contributed by atoms with van der Waals surface area (Å²) < 4.78 is 0. The van der Waals surface area contributed by atoms with Crippen molar-refractivity contribution in [1.82, 2.24) is 5.01 Å². The van der Waals surface area contributed by atoms with Gasteiger partial charge < -0.3 is 5.73 Å². The van der Waals surface area contributed by atoms with Crippen LogP contribution in [0.4, 0.5) is 0 Å². The summed E-state index contributed by atoms with van der Waals surface area (Å²) in [5.74, 6) is 6.34. The van der Waals surface area contributed by atoms with Gasteiger partial charge in [0.05, 0.1) is 0 Å². The summed E-state index contributed by atoms with van der Waals surface area (Å²) in [6, 6.07) is 0.453. The van der Waals surface area contributed by atoms with Crippen molar-refractivity contribution in [3.63, 3.8) is 0 Å². The number of nitrogens with two attached hydrogens (primary N) is 2. The molecule has 0 atom stereocenters. The minimum absolute atomic E-state index is 0.453. The fourth-order valence-corrected chi connectivity index (χ4v) is 1.78. The van der Waals surface area contributed by atoms with Crippen molar-refractivity contribution in [2.75, 3.05) is 13.6 Å². The zero-order valence-corrected chi connectivity index (χ0v) is 7.29. The molecule has 4 N–H and O–H groups in total. The topological polar surface area (TPSA) is 55.3 Å². The van der Waals surface area contributed by atoms with Gasteiger partial charge in [-0.1, -0.05) is 0 Å². The lowest BCUT2D eigenvalue weighted by Crippen LogP contribution is -2.35. The van der Waals surface area contributed by atoms with Crippen LogP contribution in [0.5, 0.6) is 0 Å². The minimum Gasteiger partial charge on any atom is -0.328 e. The van der Waals surface area contributed by atoms with Gasteiger partial charge in [0.15, 0.2) is 0 Å². The maximum absolute atomic E-state index is 5.78. The summed E-state index contributed by atoms with van der Waals surface area (Å²) in [4.78, 5) is 0. The van der Waals surface area contributed by atoms with Crippen molar-refractivity contribution in [2.24, 2.45) is 17.5 Å². The van der Waals surface area contributed by atoms with Crippen LogP contribution in [0.2, 0.25) is 0 Å². The molecule has 0 aromatic carbocycles. The molecule has 0 bridgehead atoms. The first kappa shape index (κ1) is 8.97. The summed E-state index contributed by atoms with van der Waals surface area (Å²) in [5, 5.41) is 1.78. The molecule has 3 heteroatoms. The summed E-state index contributed by atoms with van der Waals surface area (Å²) in [7, 11) is 1.93. The second-order valence-electron chi connectivity index (χ2n) is 3.72. The lowest BCUT2D eigenvalue weighted by molar-refractivity contribution is 0.228. The van der Waals surface area contributed by atoms with Crippen LogP contribution in [0.15, 0.2) is 0 Å². The monoisotopic (exact) mass is 157 g/mol. The lowest BCUT2D eigenvalue weighted by atomic mass is 9.86. The van der Waals surface area contributed by atoms with Crippen molar-refractivity contribution in [3.05, 3.63) is 0 Å². The predicted octanol–water partition coefficient (Wildman–Crippen LogP) is 0.309. The third-order valence-corrected chi connectivity index (χ3v) is 2.44. The SMILES string of the molecule is CN(N)CC1CCC(N)CC1. The van der Waals surface area contributed by atoms with E-state index < -0.39 is 0 Å². The van der Waals surface area contributed by atoms with Crippen molar-refractivity contribution in [2.45, 2.75) is 31.7 Å². The number of hydrogen-bond acceptors (Lipinski definition) is 3. The highest BCUT2D eigenvalue weighted by Crippen LogP contribution is 2.22. The molecule has 0 heterocycles. The van der Waals surface area contributed by atoms with Crippen LogP contribution in [0.3, 0.4) is 0 Å². The van der Waals surface area contributed by atoms with E-state index in [1.165, 1.54) is 25.7 Å². The van der Waals surface area contributed by atoms with Crippen molar-refractivity contribution >= 4 is 0 Å². The van der Waals surface area contributed by atoms with E-state index in [4.69, 9.17) is 11.6 Å². The van der Waals surface area contributed by atoms with Gasteiger partial charge >= 0.3 is 0 Å². The van der Waals surface area contributed by atoms with Crippen LogP contribution in [-0.4, -0.2) is 24.6 Å². The average molecular weight is 157 g/mol. The Balaban J connectivity index is 2.17. The van der Waals surface area contributed by atoms with Gasteiger partial charge in [-0.05, 0) is 31.6 Å². The molecular weight excluding hydrogens is 138 g/mol. The van der Waals surface area contributed by atoms with Crippen LogP contribution >= 0.6 is 0 Å². The van der Waals surface area contributed by atoms with Gasteiger partial charge in [-0.2, -0.15) is 0 Å². The first-order chi connectivity index (χ1) is 5.18. The van der Waals surface area contributed by atoms with E-state index >= 15 is 0 Å². The Labute approximate surface area is 68.7 Å². The standard InChI is InChI=1S/C8H19N3/c1-11(10)6-7-2-4-8(9)5-3-7/h7-8H,2-6,9-10H2,1H3. The largest absolute Gasteiger partial charge is 0.328 e. The molecule has 0 amide bonds. The Morgan fingerprint density at radius 2 is 1.82 bits per heavy atom. The summed E-state index contributed by atoms with van der Waals surface area (Å²) in [6.45, 7) is 1.02. The van der Waals surface area contributed by atoms with Gasteiger partial charge in [0.2, 0.25) is 0 Å². The van der Waals surface area contributed by atoms with E-state index in [0.717, 1.165) is 12.5 Å². The highest BCUT2D eigenvalue weighted by molar-refractivity contribution is 4.74. The molecule has 0 radical (unpaired) electrons. The molecule has 1 rings (SSSR count). The van der Waals surface area contributed by atoms with Crippen LogP contribution in [-0.2, 0) is 0 Å². The smallest absolute Gasteiger partial charge is 0.0153 e. The third kappa shape index (κ3) is 3.18. The molecule has 1 saturated carbocycles. The third-order valence-electron chi connectivity index (χ3n) is 2.44. The van der Waals surface area contributed by atoms with E-state index in [1.54, 1.807) is 5.01 Å². The van der Waals surface area contributed by atoms with Gasteiger partial charge in [0.1, 0.15) is 0 Å². The molecule has 0 aromatic rings. The van der Waals surface area contributed by atoms with Gasteiger partial charge in [0, 0.05) is 19.6 Å². The molecular formula is C8H19N3. The van der Waals surface area contributed by atoms with E-state index in [2.05, 4.69) is 0 Å². The quantitative estimate of drug-likeness (QED) is 0.448. The molecule has 1 fully saturated rings. The number of nitrogens with zero attached hydrogens (tertiary/aromatic N) is 1. The molecule has 1 aliphatic carbocycles. The van der Waals surface area contributed by atoms with Gasteiger partial charge in [-0.15, -0.1) is 0 Å². The van der Waals surface area contributed by atoms with E-state index in [0.29, 0.717) is 6.04 Å². The molecule has 0 aromatic heterocycles. The Kier molecular flexibility index (Phi) is 3.30. The molecule has 0 spiro atoms. The predicted molar refractivity (Wildman–Crippen MR) is 46.8 cm³/mol. The zero-order chi connectivity index (χ0) is 8.27. The molecule has 11 heavy (non-hydrogen) atoms. The molecule has 3 nitrogen and oxygen atoms in total. The molecule has 0 saturated heterocycles. The molecule has 66 valence electrons. The first-order valence-electron chi connectivity index (χ1n) is 4.40. The zero-order valence-electron chi connectivity index (χ0n) is 7.29. The van der Waals surface area contributed by atoms with Gasteiger partial charge in [0.25, 0.3) is 0 Å². The fourth-order valence-electron chi connectivity index (χ4n) is 1.78. The molecule has 1 aliphatic rings. The minimum atomic E-state index is 0.453. The lowest BCUT2D eigenvalue weighted by Gasteiger charge is -2.27. The summed E-state index contributed by atoms with van der Waals surface area (Å²) in [6.07, 6.45) is 4.86. The van der Waals surface area contributed by atoms with Gasteiger partial charge in [-0.3, -0.25) is 5.84 Å². The van der Waals surface area contributed by atoms with Crippen molar-refractivity contribution < 1.29 is 0 Å². The maximum atomic E-state index is 5.78. The summed E-state index contributed by atoms with van der Waals surface area (Å²) in [5.41, 5.74) is 5.78. The Morgan fingerprint density at radius 3 is 2.27 bits per heavy atom. The average Bonchev–Trinajstić information content (AvgIpc) is 1.93. The van der Waals surface area contributed by atoms with Crippen LogP contribution in [0.1, 0.15) is 25.7 Å². The van der Waals surface area contributed by atoms with E-state index in [9.17, 15) is 0 Å². The van der Waals surface area contributed by atoms with Crippen molar-refractivity contribution in [1.29, 1.82) is 0 Å². The Hall–Kier alpha value is -0.120. The number of rotatable bonds is 2. The van der Waals surface area contributed by atoms with Crippen molar-refractivity contribution in [3.8, 4) is 0 Å².